The minimum Gasteiger partial charge on any atom is -0.491 e. The Morgan fingerprint density at radius 1 is 1.16 bits per heavy atom. The molecule has 1 atom stereocenters. The first kappa shape index (κ1) is 17.8. The van der Waals surface area contributed by atoms with Crippen LogP contribution in [0, 0.1) is 6.92 Å². The molecular weight excluding hydrogens is 310 g/mol. The summed E-state index contributed by atoms with van der Waals surface area (Å²) >= 11 is 0. The molecule has 0 saturated heterocycles. The van der Waals surface area contributed by atoms with E-state index in [9.17, 15) is 5.11 Å². The highest BCUT2D eigenvalue weighted by Crippen LogP contribution is 2.32. The van der Waals surface area contributed by atoms with Gasteiger partial charge in [-0.05, 0) is 42.0 Å². The molecule has 1 unspecified atom stereocenters. The predicted octanol–water partition coefficient (Wildman–Crippen LogP) is 4.09. The van der Waals surface area contributed by atoms with Crippen LogP contribution < -0.4 is 9.64 Å². The number of hydrogen-bond acceptors (Lipinski definition) is 3. The molecule has 3 nitrogen and oxygen atoms in total. The Balaban J connectivity index is 1.63. The van der Waals surface area contributed by atoms with Crippen LogP contribution in [-0.2, 0) is 11.8 Å². The lowest BCUT2D eigenvalue weighted by Gasteiger charge is -2.26. The van der Waals surface area contributed by atoms with Gasteiger partial charge in [-0.3, -0.25) is 0 Å². The zero-order valence-corrected chi connectivity index (χ0v) is 15.7. The maximum Gasteiger partial charge on any atom is 0.123 e. The highest BCUT2D eigenvalue weighted by atomic mass is 16.5. The third-order valence-corrected chi connectivity index (χ3v) is 4.79. The number of para-hydroxylation sites is 1. The van der Waals surface area contributed by atoms with Gasteiger partial charge >= 0.3 is 0 Å². The fourth-order valence-electron chi connectivity index (χ4n) is 3.45. The van der Waals surface area contributed by atoms with Crippen molar-refractivity contribution in [3.8, 4) is 5.75 Å². The number of aliphatic hydroxyl groups excluding tert-OH is 1. The van der Waals surface area contributed by atoms with Crippen molar-refractivity contribution in [1.29, 1.82) is 0 Å². The molecule has 1 heterocycles. The molecule has 134 valence electrons. The fraction of sp³-hybridized carbons (Fsp3) is 0.455. The molecule has 1 aliphatic rings. The van der Waals surface area contributed by atoms with Crippen LogP contribution in [-0.4, -0.2) is 30.9 Å². The number of benzene rings is 2. The SMILES string of the molecule is Cc1ccc(OCC(O)CN2CCc3ccccc32)c(C(C)(C)C)c1. The normalized spacial score (nSPS) is 15.2. The monoisotopic (exact) mass is 339 g/mol. The van der Waals surface area contributed by atoms with E-state index in [0.29, 0.717) is 13.2 Å². The summed E-state index contributed by atoms with van der Waals surface area (Å²) in [5.74, 6) is 0.874. The van der Waals surface area contributed by atoms with Crippen molar-refractivity contribution in [2.75, 3.05) is 24.6 Å². The minimum atomic E-state index is -0.514. The average Bonchev–Trinajstić information content (AvgIpc) is 2.96. The van der Waals surface area contributed by atoms with Gasteiger partial charge in [-0.25, -0.2) is 0 Å². The van der Waals surface area contributed by atoms with Gasteiger partial charge in [0.05, 0.1) is 0 Å². The molecule has 2 aromatic carbocycles. The summed E-state index contributed by atoms with van der Waals surface area (Å²) in [6, 6.07) is 14.7. The molecule has 3 heteroatoms. The number of nitrogens with zero attached hydrogens (tertiary/aromatic N) is 1. The summed E-state index contributed by atoms with van der Waals surface area (Å²) < 4.78 is 6.00. The number of aliphatic hydroxyl groups is 1. The van der Waals surface area contributed by atoms with E-state index in [4.69, 9.17) is 4.74 Å². The van der Waals surface area contributed by atoms with Gasteiger partial charge in [-0.2, -0.15) is 0 Å². The van der Waals surface area contributed by atoms with Gasteiger partial charge in [-0.1, -0.05) is 56.7 Å². The Morgan fingerprint density at radius 3 is 2.68 bits per heavy atom. The van der Waals surface area contributed by atoms with Crippen molar-refractivity contribution in [3.05, 3.63) is 59.2 Å². The molecule has 0 bridgehead atoms. The molecule has 25 heavy (non-hydrogen) atoms. The van der Waals surface area contributed by atoms with Crippen molar-refractivity contribution in [2.45, 2.75) is 45.6 Å². The Hall–Kier alpha value is -2.00. The van der Waals surface area contributed by atoms with E-state index in [-0.39, 0.29) is 5.41 Å². The van der Waals surface area contributed by atoms with Crippen LogP contribution >= 0.6 is 0 Å². The van der Waals surface area contributed by atoms with Gasteiger partial charge in [0.25, 0.3) is 0 Å². The molecule has 0 radical (unpaired) electrons. The van der Waals surface area contributed by atoms with Gasteiger partial charge in [0.2, 0.25) is 0 Å². The Morgan fingerprint density at radius 2 is 1.92 bits per heavy atom. The molecule has 0 aromatic heterocycles. The maximum absolute atomic E-state index is 10.5. The molecule has 0 amide bonds. The fourth-order valence-corrected chi connectivity index (χ4v) is 3.45. The number of anilines is 1. The lowest BCUT2D eigenvalue weighted by atomic mass is 9.85. The van der Waals surface area contributed by atoms with E-state index in [2.05, 4.69) is 69.0 Å². The van der Waals surface area contributed by atoms with Gasteiger partial charge in [0.1, 0.15) is 18.5 Å². The van der Waals surface area contributed by atoms with Crippen molar-refractivity contribution >= 4 is 5.69 Å². The molecular formula is C22H29NO2. The number of rotatable bonds is 5. The van der Waals surface area contributed by atoms with E-state index in [1.165, 1.54) is 22.4 Å². The largest absolute Gasteiger partial charge is 0.491 e. The van der Waals surface area contributed by atoms with Gasteiger partial charge in [0.15, 0.2) is 0 Å². The van der Waals surface area contributed by atoms with Crippen LogP contribution in [0.4, 0.5) is 5.69 Å². The van der Waals surface area contributed by atoms with E-state index in [0.717, 1.165) is 18.7 Å². The molecule has 0 spiro atoms. The second kappa shape index (κ2) is 7.09. The van der Waals surface area contributed by atoms with Crippen LogP contribution in [0.5, 0.6) is 5.75 Å². The second-order valence-corrected chi connectivity index (χ2v) is 8.04. The highest BCUT2D eigenvalue weighted by molar-refractivity contribution is 5.57. The molecule has 1 N–H and O–H groups in total. The highest BCUT2D eigenvalue weighted by Gasteiger charge is 2.22. The maximum atomic E-state index is 10.5. The van der Waals surface area contributed by atoms with Crippen molar-refractivity contribution < 1.29 is 9.84 Å². The first-order valence-electron chi connectivity index (χ1n) is 9.09. The van der Waals surface area contributed by atoms with Crippen LogP contribution in [0.25, 0.3) is 0 Å². The zero-order chi connectivity index (χ0) is 18.0. The lowest BCUT2D eigenvalue weighted by molar-refractivity contribution is 0.111. The predicted molar refractivity (Wildman–Crippen MR) is 104 cm³/mol. The molecule has 2 aromatic rings. The molecule has 0 aliphatic carbocycles. The summed E-state index contributed by atoms with van der Waals surface area (Å²) in [7, 11) is 0. The van der Waals surface area contributed by atoms with E-state index in [1.54, 1.807) is 0 Å². The summed E-state index contributed by atoms with van der Waals surface area (Å²) in [4.78, 5) is 2.25. The summed E-state index contributed by atoms with van der Waals surface area (Å²) in [6.45, 7) is 10.5. The summed E-state index contributed by atoms with van der Waals surface area (Å²) in [5.41, 5.74) is 5.04. The zero-order valence-electron chi connectivity index (χ0n) is 15.7. The van der Waals surface area contributed by atoms with Crippen LogP contribution in [0.3, 0.4) is 0 Å². The van der Waals surface area contributed by atoms with Crippen LogP contribution in [0.15, 0.2) is 42.5 Å². The van der Waals surface area contributed by atoms with Crippen molar-refractivity contribution in [3.63, 3.8) is 0 Å². The molecule has 0 saturated carbocycles. The molecule has 0 fully saturated rings. The van der Waals surface area contributed by atoms with E-state index < -0.39 is 6.10 Å². The smallest absolute Gasteiger partial charge is 0.123 e. The van der Waals surface area contributed by atoms with Gasteiger partial charge in [-0.15, -0.1) is 0 Å². The van der Waals surface area contributed by atoms with Gasteiger partial charge in [0, 0.05) is 18.8 Å². The molecule has 3 rings (SSSR count). The Labute approximate surface area is 151 Å². The number of ether oxygens (including phenoxy) is 1. The minimum absolute atomic E-state index is 0.0141. The van der Waals surface area contributed by atoms with E-state index in [1.807, 2.05) is 6.07 Å². The number of β-amino-alcohol motifs (C(OH)–C–C–N with tert-alkyl or cyclic N) is 1. The number of hydrogen-bond donors (Lipinski definition) is 1. The molecule has 1 aliphatic heterocycles. The quantitative estimate of drug-likeness (QED) is 0.890. The third kappa shape index (κ3) is 4.16. The van der Waals surface area contributed by atoms with Gasteiger partial charge < -0.3 is 14.7 Å². The number of aryl methyl sites for hydroxylation is 1. The standard InChI is InChI=1S/C22H29NO2/c1-16-9-10-21(19(13-16)22(2,3)4)25-15-18(24)14-23-12-11-17-7-5-6-8-20(17)23/h5-10,13,18,24H,11-12,14-15H2,1-4H3. The first-order chi connectivity index (χ1) is 11.8. The average molecular weight is 339 g/mol. The first-order valence-corrected chi connectivity index (χ1v) is 9.09. The second-order valence-electron chi connectivity index (χ2n) is 8.04. The third-order valence-electron chi connectivity index (χ3n) is 4.79. The van der Waals surface area contributed by atoms with Crippen LogP contribution in [0.2, 0.25) is 0 Å². The Kier molecular flexibility index (Phi) is 5.05. The van der Waals surface area contributed by atoms with Crippen molar-refractivity contribution in [1.82, 2.24) is 0 Å². The topological polar surface area (TPSA) is 32.7 Å². The summed E-state index contributed by atoms with van der Waals surface area (Å²) in [6.07, 6.45) is 0.538. The van der Waals surface area contributed by atoms with Crippen LogP contribution in [0.1, 0.15) is 37.5 Å². The Bertz CT molecular complexity index is 733. The van der Waals surface area contributed by atoms with Crippen molar-refractivity contribution in [2.24, 2.45) is 0 Å². The lowest BCUT2D eigenvalue weighted by Crippen LogP contribution is -2.34. The number of fused-ring (bicyclic) bond motifs is 1. The summed E-state index contributed by atoms with van der Waals surface area (Å²) in [5, 5.41) is 10.5. The van der Waals surface area contributed by atoms with E-state index >= 15 is 0 Å².